The molecule has 0 fully saturated rings. The Morgan fingerprint density at radius 2 is 1.91 bits per heavy atom. The van der Waals surface area contributed by atoms with E-state index in [0.717, 1.165) is 4.90 Å². The highest BCUT2D eigenvalue weighted by atomic mass is 32.2. The van der Waals surface area contributed by atoms with Gasteiger partial charge in [-0.15, -0.1) is 11.8 Å². The lowest BCUT2D eigenvalue weighted by molar-refractivity contribution is -0.116. The molecule has 0 unspecified atom stereocenters. The molecule has 2 aromatic rings. The molecule has 0 spiro atoms. The molecule has 2 rings (SSSR count). The number of H-pyrrole nitrogens is 1. The van der Waals surface area contributed by atoms with E-state index in [2.05, 4.69) is 10.3 Å². The van der Waals surface area contributed by atoms with E-state index in [1.165, 1.54) is 35.3 Å². The van der Waals surface area contributed by atoms with Gasteiger partial charge in [0.15, 0.2) is 5.69 Å². The van der Waals surface area contributed by atoms with Gasteiger partial charge in [-0.25, -0.2) is 4.79 Å². The molecule has 0 radical (unpaired) electrons. The molecule has 1 heterocycles. The fraction of sp³-hybridized carbons (Fsp3) is 0.429. The fourth-order valence-corrected chi connectivity index (χ4v) is 3.76. The summed E-state index contributed by atoms with van der Waals surface area (Å²) < 4.78 is 6.36. The summed E-state index contributed by atoms with van der Waals surface area (Å²) in [5, 5.41) is 2.68. The summed E-state index contributed by atoms with van der Waals surface area (Å²) in [6, 6.07) is 7.04. The number of nitrogen functional groups attached to an aromatic ring is 1. The summed E-state index contributed by atoms with van der Waals surface area (Å²) in [5.41, 5.74) is 5.43. The zero-order valence-corrected chi connectivity index (χ0v) is 19.5. The topological polar surface area (TPSA) is 140 Å². The van der Waals surface area contributed by atoms with Crippen molar-refractivity contribution >= 4 is 40.8 Å². The number of hydrogen-bond donors (Lipinski definition) is 3. The Hall–Kier alpha value is -3.05. The van der Waals surface area contributed by atoms with Gasteiger partial charge in [-0.3, -0.25) is 23.9 Å². The molecule has 2 amide bonds. The summed E-state index contributed by atoms with van der Waals surface area (Å²) in [7, 11) is 1.49. The highest BCUT2D eigenvalue weighted by Crippen LogP contribution is 2.23. The van der Waals surface area contributed by atoms with Gasteiger partial charge in [0.05, 0.1) is 12.4 Å². The van der Waals surface area contributed by atoms with Crippen LogP contribution in [0.15, 0.2) is 38.8 Å². The Bertz CT molecular complexity index is 1060. The van der Waals surface area contributed by atoms with Crippen molar-refractivity contribution in [3.05, 3.63) is 45.1 Å². The molecule has 0 saturated carbocycles. The third-order valence-corrected chi connectivity index (χ3v) is 5.39. The SMILES string of the molecule is COCCN(C(=O)CSc1ccc(NC(C)=O)cc1)c1c(N)n(CC(C)C)c(=O)[nH]c1=O. The molecule has 0 bridgehead atoms. The van der Waals surface area contributed by atoms with Gasteiger partial charge >= 0.3 is 5.69 Å². The Labute approximate surface area is 190 Å². The summed E-state index contributed by atoms with van der Waals surface area (Å²) in [6.07, 6.45) is 0. The van der Waals surface area contributed by atoms with Crippen LogP contribution in [0.2, 0.25) is 0 Å². The number of amides is 2. The Kier molecular flexibility index (Phi) is 9.09. The van der Waals surface area contributed by atoms with Crippen molar-refractivity contribution in [2.75, 3.05) is 42.0 Å². The molecule has 4 N–H and O–H groups in total. The Balaban J connectivity index is 2.28. The smallest absolute Gasteiger partial charge is 0.330 e. The predicted molar refractivity (Wildman–Crippen MR) is 126 cm³/mol. The molecule has 0 atom stereocenters. The number of benzene rings is 1. The Morgan fingerprint density at radius 1 is 1.25 bits per heavy atom. The van der Waals surface area contributed by atoms with E-state index in [0.29, 0.717) is 12.2 Å². The van der Waals surface area contributed by atoms with Gasteiger partial charge in [0.25, 0.3) is 5.56 Å². The number of aromatic amines is 1. The molecule has 174 valence electrons. The second-order valence-electron chi connectivity index (χ2n) is 7.53. The van der Waals surface area contributed by atoms with Gasteiger partial charge in [-0.1, -0.05) is 13.8 Å². The maximum Gasteiger partial charge on any atom is 0.330 e. The van der Waals surface area contributed by atoms with Gasteiger partial charge in [-0.2, -0.15) is 0 Å². The van der Waals surface area contributed by atoms with E-state index in [1.54, 1.807) is 24.3 Å². The molecule has 1 aromatic carbocycles. The number of thioether (sulfide) groups is 1. The summed E-state index contributed by atoms with van der Waals surface area (Å²) >= 11 is 1.28. The van der Waals surface area contributed by atoms with E-state index < -0.39 is 11.2 Å². The molecule has 10 nitrogen and oxygen atoms in total. The van der Waals surface area contributed by atoms with Gasteiger partial charge < -0.3 is 20.7 Å². The fourth-order valence-electron chi connectivity index (χ4n) is 2.99. The first-order valence-corrected chi connectivity index (χ1v) is 11.0. The van der Waals surface area contributed by atoms with Gasteiger partial charge in [0.1, 0.15) is 5.82 Å². The van der Waals surface area contributed by atoms with E-state index in [9.17, 15) is 19.2 Å². The average Bonchev–Trinajstić information content (AvgIpc) is 2.72. The van der Waals surface area contributed by atoms with Crippen LogP contribution in [-0.4, -0.2) is 47.4 Å². The van der Waals surface area contributed by atoms with Crippen LogP contribution < -0.4 is 27.2 Å². The number of aromatic nitrogens is 2. The number of nitrogens with zero attached hydrogens (tertiary/aromatic N) is 2. The number of nitrogens with two attached hydrogens (primary N) is 1. The molecular weight excluding hydrogens is 434 g/mol. The van der Waals surface area contributed by atoms with E-state index in [4.69, 9.17) is 10.5 Å². The maximum absolute atomic E-state index is 13.1. The highest BCUT2D eigenvalue weighted by Gasteiger charge is 2.24. The third-order valence-electron chi connectivity index (χ3n) is 4.39. The standard InChI is InChI=1S/C21H29N5O5S/c1-13(2)11-26-19(22)18(20(29)24-21(26)30)25(9-10-31-4)17(28)12-32-16-7-5-15(6-8-16)23-14(3)27/h5-8,13H,9-12,22H2,1-4H3,(H,23,27)(H,24,29,30). The second-order valence-corrected chi connectivity index (χ2v) is 8.58. The van der Waals surface area contributed by atoms with Gasteiger partial charge in [0, 0.05) is 37.7 Å². The number of hydrogen-bond acceptors (Lipinski definition) is 7. The van der Waals surface area contributed by atoms with Crippen LogP contribution in [0.4, 0.5) is 17.2 Å². The molecule has 0 aliphatic rings. The van der Waals surface area contributed by atoms with Crippen molar-refractivity contribution in [1.29, 1.82) is 0 Å². The van der Waals surface area contributed by atoms with Crippen LogP contribution in [0.25, 0.3) is 0 Å². The average molecular weight is 464 g/mol. The van der Waals surface area contributed by atoms with E-state index in [-0.39, 0.29) is 48.1 Å². The number of ether oxygens (including phenoxy) is 1. The molecule has 1 aromatic heterocycles. The van der Waals surface area contributed by atoms with Crippen molar-refractivity contribution < 1.29 is 14.3 Å². The van der Waals surface area contributed by atoms with Gasteiger partial charge in [0.2, 0.25) is 11.8 Å². The minimum Gasteiger partial charge on any atom is -0.383 e. The molecule has 32 heavy (non-hydrogen) atoms. The van der Waals surface area contributed by atoms with E-state index in [1.807, 2.05) is 13.8 Å². The Morgan fingerprint density at radius 3 is 2.47 bits per heavy atom. The van der Waals surface area contributed by atoms with Crippen molar-refractivity contribution in [1.82, 2.24) is 9.55 Å². The first-order valence-electron chi connectivity index (χ1n) is 10.1. The van der Waals surface area contributed by atoms with Crippen LogP contribution >= 0.6 is 11.8 Å². The number of rotatable bonds is 10. The first-order chi connectivity index (χ1) is 15.1. The summed E-state index contributed by atoms with van der Waals surface area (Å²) in [6.45, 7) is 5.84. The highest BCUT2D eigenvalue weighted by molar-refractivity contribution is 8.00. The molecule has 0 aliphatic heterocycles. The lowest BCUT2D eigenvalue weighted by atomic mass is 10.2. The molecule has 0 aliphatic carbocycles. The quantitative estimate of drug-likeness (QED) is 0.454. The lowest BCUT2D eigenvalue weighted by Gasteiger charge is -2.24. The van der Waals surface area contributed by atoms with Crippen molar-refractivity contribution in [3.63, 3.8) is 0 Å². The van der Waals surface area contributed by atoms with Crippen LogP contribution in [-0.2, 0) is 20.9 Å². The minimum absolute atomic E-state index is 0.0331. The number of carbonyl (C=O) groups excluding carboxylic acids is 2. The van der Waals surface area contributed by atoms with Crippen LogP contribution in [0, 0.1) is 5.92 Å². The van der Waals surface area contributed by atoms with Crippen LogP contribution in [0.3, 0.4) is 0 Å². The summed E-state index contributed by atoms with van der Waals surface area (Å²) in [4.78, 5) is 53.3. The van der Waals surface area contributed by atoms with Crippen molar-refractivity contribution in [2.24, 2.45) is 5.92 Å². The largest absolute Gasteiger partial charge is 0.383 e. The molecule has 0 saturated heterocycles. The van der Waals surface area contributed by atoms with Crippen molar-refractivity contribution in [2.45, 2.75) is 32.2 Å². The molecular formula is C21H29N5O5S. The number of nitrogens with one attached hydrogen (secondary N) is 2. The number of carbonyl (C=O) groups is 2. The number of anilines is 3. The van der Waals surface area contributed by atoms with E-state index >= 15 is 0 Å². The predicted octanol–water partition coefficient (Wildman–Crippen LogP) is 1.50. The monoisotopic (exact) mass is 463 g/mol. The number of methoxy groups -OCH3 is 1. The van der Waals surface area contributed by atoms with Crippen molar-refractivity contribution in [3.8, 4) is 0 Å². The lowest BCUT2D eigenvalue weighted by Crippen LogP contribution is -2.43. The van der Waals surface area contributed by atoms with Crippen LogP contribution in [0.1, 0.15) is 20.8 Å². The van der Waals surface area contributed by atoms with Gasteiger partial charge in [-0.05, 0) is 30.2 Å². The van der Waals surface area contributed by atoms with Crippen LogP contribution in [0.5, 0.6) is 0 Å². The maximum atomic E-state index is 13.1. The zero-order chi connectivity index (χ0) is 23.8. The second kappa shape index (κ2) is 11.5. The normalized spacial score (nSPS) is 10.9. The summed E-state index contributed by atoms with van der Waals surface area (Å²) in [5.74, 6) is -0.443. The molecule has 11 heteroatoms. The third kappa shape index (κ3) is 6.72. The zero-order valence-electron chi connectivity index (χ0n) is 18.6. The first kappa shape index (κ1) is 25.2. The minimum atomic E-state index is -0.721.